The highest BCUT2D eigenvalue weighted by Crippen LogP contribution is 2.28. The zero-order valence-corrected chi connectivity index (χ0v) is 10.6. The van der Waals surface area contributed by atoms with Crippen molar-refractivity contribution in [1.29, 1.82) is 0 Å². The molecule has 15 heavy (non-hydrogen) atoms. The molecule has 2 nitrogen and oxygen atoms in total. The quantitative estimate of drug-likeness (QED) is 0.923. The molecular formula is C11H13BrClNO. The molecule has 82 valence electrons. The summed E-state index contributed by atoms with van der Waals surface area (Å²) < 4.78 is 6.62. The first kappa shape index (κ1) is 11.2. The van der Waals surface area contributed by atoms with E-state index in [0.29, 0.717) is 11.1 Å². The van der Waals surface area contributed by atoms with Gasteiger partial charge in [-0.25, -0.2) is 0 Å². The Morgan fingerprint density at radius 3 is 3.07 bits per heavy atom. The van der Waals surface area contributed by atoms with Crippen LogP contribution in [-0.4, -0.2) is 19.2 Å². The molecule has 1 aliphatic rings. The first-order valence-corrected chi connectivity index (χ1v) is 6.24. The van der Waals surface area contributed by atoms with E-state index in [1.807, 2.05) is 18.2 Å². The van der Waals surface area contributed by atoms with E-state index in [-0.39, 0.29) is 0 Å². The van der Waals surface area contributed by atoms with Gasteiger partial charge in [0.2, 0.25) is 0 Å². The molecule has 2 rings (SSSR count). The number of rotatable bonds is 3. The fraction of sp³-hybridized carbons (Fsp3) is 0.455. The third-order valence-electron chi connectivity index (χ3n) is 2.50. The van der Waals surface area contributed by atoms with Crippen LogP contribution in [0, 0.1) is 0 Å². The maximum absolute atomic E-state index is 5.85. The van der Waals surface area contributed by atoms with Gasteiger partial charge < -0.3 is 10.1 Å². The molecule has 0 aliphatic carbocycles. The maximum Gasteiger partial charge on any atom is 0.133 e. The molecule has 1 N–H and O–H groups in total. The Balaban J connectivity index is 1.92. The Morgan fingerprint density at radius 2 is 2.40 bits per heavy atom. The molecule has 0 bridgehead atoms. The molecule has 1 saturated heterocycles. The third-order valence-corrected chi connectivity index (χ3v) is 3.35. The second-order valence-electron chi connectivity index (χ2n) is 3.68. The molecule has 0 radical (unpaired) electrons. The van der Waals surface area contributed by atoms with Crippen molar-refractivity contribution in [1.82, 2.24) is 5.32 Å². The van der Waals surface area contributed by atoms with Crippen molar-refractivity contribution in [2.75, 3.05) is 13.2 Å². The van der Waals surface area contributed by atoms with Crippen molar-refractivity contribution < 1.29 is 4.74 Å². The lowest BCUT2D eigenvalue weighted by molar-refractivity contribution is 0.275. The predicted molar refractivity (Wildman–Crippen MR) is 65.7 cm³/mol. The van der Waals surface area contributed by atoms with Crippen molar-refractivity contribution in [2.24, 2.45) is 0 Å². The standard InChI is InChI=1S/C11H13BrClNO/c12-10-6-8(13)3-4-11(10)15-7-9-2-1-5-14-9/h3-4,6,9,14H,1-2,5,7H2. The first-order chi connectivity index (χ1) is 7.25. The van der Waals surface area contributed by atoms with E-state index < -0.39 is 0 Å². The smallest absolute Gasteiger partial charge is 0.133 e. The number of ether oxygens (including phenoxy) is 1. The predicted octanol–water partition coefficient (Wildman–Crippen LogP) is 3.23. The first-order valence-electron chi connectivity index (χ1n) is 5.07. The van der Waals surface area contributed by atoms with Crippen LogP contribution in [0.4, 0.5) is 0 Å². The number of halogens is 2. The van der Waals surface area contributed by atoms with Crippen molar-refractivity contribution in [3.8, 4) is 5.75 Å². The van der Waals surface area contributed by atoms with Crippen LogP contribution < -0.4 is 10.1 Å². The summed E-state index contributed by atoms with van der Waals surface area (Å²) in [5.74, 6) is 0.855. The normalized spacial score (nSPS) is 20.5. The fourth-order valence-corrected chi connectivity index (χ4v) is 2.48. The minimum absolute atomic E-state index is 0.493. The minimum Gasteiger partial charge on any atom is -0.491 e. The van der Waals surface area contributed by atoms with Crippen LogP contribution in [0.2, 0.25) is 5.02 Å². The highest BCUT2D eigenvalue weighted by molar-refractivity contribution is 9.10. The Hall–Kier alpha value is -0.250. The van der Waals surface area contributed by atoms with Crippen molar-refractivity contribution in [3.05, 3.63) is 27.7 Å². The van der Waals surface area contributed by atoms with Crippen LogP contribution >= 0.6 is 27.5 Å². The highest BCUT2D eigenvalue weighted by Gasteiger charge is 2.14. The molecule has 1 heterocycles. The van der Waals surface area contributed by atoms with Gasteiger partial charge in [0.05, 0.1) is 4.47 Å². The average molecular weight is 291 g/mol. The van der Waals surface area contributed by atoms with Gasteiger partial charge in [-0.15, -0.1) is 0 Å². The molecule has 1 aromatic rings. The molecule has 0 saturated carbocycles. The number of nitrogens with one attached hydrogen (secondary N) is 1. The number of benzene rings is 1. The zero-order chi connectivity index (χ0) is 10.7. The molecule has 1 fully saturated rings. The summed E-state index contributed by atoms with van der Waals surface area (Å²) in [6.07, 6.45) is 2.45. The van der Waals surface area contributed by atoms with Gasteiger partial charge in [-0.1, -0.05) is 11.6 Å². The highest BCUT2D eigenvalue weighted by atomic mass is 79.9. The lowest BCUT2D eigenvalue weighted by Crippen LogP contribution is -2.28. The van der Waals surface area contributed by atoms with Crippen LogP contribution in [-0.2, 0) is 0 Å². The van der Waals surface area contributed by atoms with Crippen LogP contribution in [0.3, 0.4) is 0 Å². The Bertz CT molecular complexity index is 339. The van der Waals surface area contributed by atoms with Crippen LogP contribution in [0.25, 0.3) is 0 Å². The largest absolute Gasteiger partial charge is 0.491 e. The molecule has 0 spiro atoms. The monoisotopic (exact) mass is 289 g/mol. The summed E-state index contributed by atoms with van der Waals surface area (Å²) in [6.45, 7) is 1.83. The Labute approximate surface area is 103 Å². The molecule has 1 aliphatic heterocycles. The van der Waals surface area contributed by atoms with E-state index in [1.165, 1.54) is 12.8 Å². The summed E-state index contributed by atoms with van der Waals surface area (Å²) in [5.41, 5.74) is 0. The van der Waals surface area contributed by atoms with E-state index in [1.54, 1.807) is 0 Å². The summed E-state index contributed by atoms with van der Waals surface area (Å²) in [4.78, 5) is 0. The Morgan fingerprint density at radius 1 is 1.53 bits per heavy atom. The number of hydrogen-bond donors (Lipinski definition) is 1. The van der Waals surface area contributed by atoms with Gasteiger partial charge in [-0.2, -0.15) is 0 Å². The van der Waals surface area contributed by atoms with Gasteiger partial charge in [-0.3, -0.25) is 0 Å². The third kappa shape index (κ3) is 3.10. The topological polar surface area (TPSA) is 21.3 Å². The van der Waals surface area contributed by atoms with Gasteiger partial charge in [0.1, 0.15) is 12.4 Å². The number of hydrogen-bond acceptors (Lipinski definition) is 2. The summed E-state index contributed by atoms with van der Waals surface area (Å²) in [5, 5.41) is 4.11. The summed E-state index contributed by atoms with van der Waals surface area (Å²) in [7, 11) is 0. The minimum atomic E-state index is 0.493. The second-order valence-corrected chi connectivity index (χ2v) is 4.97. The van der Waals surface area contributed by atoms with Crippen molar-refractivity contribution >= 4 is 27.5 Å². The average Bonchev–Trinajstić information content (AvgIpc) is 2.69. The lowest BCUT2D eigenvalue weighted by Gasteiger charge is -2.13. The maximum atomic E-state index is 5.85. The molecule has 0 amide bonds. The molecule has 4 heteroatoms. The van der Waals surface area contributed by atoms with Gasteiger partial charge in [0.25, 0.3) is 0 Å². The van der Waals surface area contributed by atoms with Crippen LogP contribution in [0.1, 0.15) is 12.8 Å². The van der Waals surface area contributed by atoms with Crippen molar-refractivity contribution in [2.45, 2.75) is 18.9 Å². The van der Waals surface area contributed by atoms with Crippen LogP contribution in [0.15, 0.2) is 22.7 Å². The Kier molecular flexibility index (Phi) is 3.89. The van der Waals surface area contributed by atoms with Crippen molar-refractivity contribution in [3.63, 3.8) is 0 Å². The second kappa shape index (κ2) is 5.19. The fourth-order valence-electron chi connectivity index (χ4n) is 1.68. The van der Waals surface area contributed by atoms with Gasteiger partial charge >= 0.3 is 0 Å². The van der Waals surface area contributed by atoms with E-state index in [9.17, 15) is 0 Å². The van der Waals surface area contributed by atoms with Crippen LogP contribution in [0.5, 0.6) is 5.75 Å². The van der Waals surface area contributed by atoms with E-state index in [2.05, 4.69) is 21.2 Å². The van der Waals surface area contributed by atoms with Gasteiger partial charge in [0, 0.05) is 11.1 Å². The molecule has 1 atom stereocenters. The van der Waals surface area contributed by atoms with E-state index in [4.69, 9.17) is 16.3 Å². The molecule has 1 unspecified atom stereocenters. The van der Waals surface area contributed by atoms with Gasteiger partial charge in [0.15, 0.2) is 0 Å². The zero-order valence-electron chi connectivity index (χ0n) is 8.30. The lowest BCUT2D eigenvalue weighted by atomic mass is 10.2. The SMILES string of the molecule is Clc1ccc(OCC2CCCN2)c(Br)c1. The van der Waals surface area contributed by atoms with E-state index >= 15 is 0 Å². The summed E-state index contributed by atoms with van der Waals surface area (Å²) >= 11 is 9.27. The van der Waals surface area contributed by atoms with E-state index in [0.717, 1.165) is 23.4 Å². The van der Waals surface area contributed by atoms with Gasteiger partial charge in [-0.05, 0) is 53.5 Å². The molecule has 0 aromatic heterocycles. The molecular weight excluding hydrogens is 277 g/mol. The summed E-state index contributed by atoms with van der Waals surface area (Å²) in [6, 6.07) is 6.07. The molecule has 1 aromatic carbocycles.